The highest BCUT2D eigenvalue weighted by Crippen LogP contribution is 2.18. The van der Waals surface area contributed by atoms with Gasteiger partial charge in [-0.05, 0) is 31.6 Å². The molecule has 0 spiro atoms. The molecule has 1 aromatic rings. The SMILES string of the molecule is O=C(NCC[C@H]1CCCO1)NC[C@H]1CCn2ccnc2C1. The molecule has 6 heteroatoms. The number of urea groups is 1. The van der Waals surface area contributed by atoms with Crippen LogP contribution in [-0.4, -0.2) is 41.4 Å². The molecule has 116 valence electrons. The number of ether oxygens (including phenoxy) is 1. The van der Waals surface area contributed by atoms with E-state index in [1.165, 1.54) is 0 Å². The van der Waals surface area contributed by atoms with Crippen LogP contribution in [0, 0.1) is 5.92 Å². The number of hydrogen-bond acceptors (Lipinski definition) is 3. The molecule has 0 aliphatic carbocycles. The molecule has 1 aromatic heterocycles. The van der Waals surface area contributed by atoms with Crippen molar-refractivity contribution in [2.75, 3.05) is 19.7 Å². The average molecular weight is 292 g/mol. The second kappa shape index (κ2) is 6.93. The largest absolute Gasteiger partial charge is 0.378 e. The summed E-state index contributed by atoms with van der Waals surface area (Å²) in [4.78, 5) is 16.1. The first kappa shape index (κ1) is 14.4. The van der Waals surface area contributed by atoms with Crippen molar-refractivity contribution in [2.24, 2.45) is 5.92 Å². The number of carbonyl (C=O) groups excluding carboxylic acids is 1. The fourth-order valence-corrected chi connectivity index (χ4v) is 3.11. The van der Waals surface area contributed by atoms with Gasteiger partial charge in [0.05, 0.1) is 6.10 Å². The Morgan fingerprint density at radius 2 is 2.38 bits per heavy atom. The van der Waals surface area contributed by atoms with Gasteiger partial charge >= 0.3 is 6.03 Å². The molecule has 3 heterocycles. The number of nitrogens with zero attached hydrogens (tertiary/aromatic N) is 2. The summed E-state index contributed by atoms with van der Waals surface area (Å²) >= 11 is 0. The fraction of sp³-hybridized carbons (Fsp3) is 0.733. The molecular weight excluding hydrogens is 268 g/mol. The van der Waals surface area contributed by atoms with E-state index in [0.717, 1.165) is 57.6 Å². The third-order valence-corrected chi connectivity index (χ3v) is 4.38. The molecule has 6 nitrogen and oxygen atoms in total. The average Bonchev–Trinajstić information content (AvgIpc) is 3.15. The van der Waals surface area contributed by atoms with E-state index in [0.29, 0.717) is 18.6 Å². The number of nitrogens with one attached hydrogen (secondary N) is 2. The topological polar surface area (TPSA) is 68.2 Å². The van der Waals surface area contributed by atoms with Crippen molar-refractivity contribution in [3.05, 3.63) is 18.2 Å². The first-order valence-electron chi connectivity index (χ1n) is 7.94. The molecule has 2 atom stereocenters. The molecule has 2 N–H and O–H groups in total. The van der Waals surface area contributed by atoms with Crippen molar-refractivity contribution >= 4 is 6.03 Å². The van der Waals surface area contributed by atoms with Gasteiger partial charge in [0, 0.05) is 45.1 Å². The molecule has 0 saturated carbocycles. The summed E-state index contributed by atoms with van der Waals surface area (Å²) in [5.74, 6) is 1.62. The van der Waals surface area contributed by atoms with Gasteiger partial charge in [-0.1, -0.05) is 0 Å². The lowest BCUT2D eigenvalue weighted by molar-refractivity contribution is 0.104. The Morgan fingerprint density at radius 3 is 3.24 bits per heavy atom. The van der Waals surface area contributed by atoms with E-state index in [9.17, 15) is 4.79 Å². The number of aromatic nitrogens is 2. The number of hydrogen-bond donors (Lipinski definition) is 2. The van der Waals surface area contributed by atoms with Crippen LogP contribution in [0.3, 0.4) is 0 Å². The molecule has 1 saturated heterocycles. The Kier molecular flexibility index (Phi) is 4.75. The highest BCUT2D eigenvalue weighted by molar-refractivity contribution is 5.73. The molecule has 0 aromatic carbocycles. The Balaban J connectivity index is 1.31. The summed E-state index contributed by atoms with van der Waals surface area (Å²) in [6, 6.07) is -0.0677. The van der Waals surface area contributed by atoms with Crippen molar-refractivity contribution in [1.82, 2.24) is 20.2 Å². The van der Waals surface area contributed by atoms with Gasteiger partial charge in [0.15, 0.2) is 0 Å². The maximum atomic E-state index is 11.8. The molecule has 0 radical (unpaired) electrons. The number of carbonyl (C=O) groups is 1. The van der Waals surface area contributed by atoms with Crippen LogP contribution in [0.25, 0.3) is 0 Å². The van der Waals surface area contributed by atoms with Crippen LogP contribution < -0.4 is 10.6 Å². The van der Waals surface area contributed by atoms with Crippen molar-refractivity contribution in [2.45, 2.75) is 44.8 Å². The minimum Gasteiger partial charge on any atom is -0.378 e. The van der Waals surface area contributed by atoms with Crippen molar-refractivity contribution in [1.29, 1.82) is 0 Å². The molecule has 2 aliphatic heterocycles. The lowest BCUT2D eigenvalue weighted by Gasteiger charge is -2.23. The van der Waals surface area contributed by atoms with Crippen LogP contribution >= 0.6 is 0 Å². The molecule has 21 heavy (non-hydrogen) atoms. The highest BCUT2D eigenvalue weighted by Gasteiger charge is 2.19. The standard InChI is InChI=1S/C15H24N4O2/c20-15(17-5-3-13-2-1-9-21-13)18-11-12-4-7-19-8-6-16-14(19)10-12/h6,8,12-13H,1-5,7,9-11H2,(H2,17,18,20)/t12-,13+/m0/s1. The Hall–Kier alpha value is -1.56. The van der Waals surface area contributed by atoms with Gasteiger partial charge in [0.1, 0.15) is 5.82 Å². The number of rotatable bonds is 5. The van der Waals surface area contributed by atoms with Crippen molar-refractivity contribution < 1.29 is 9.53 Å². The summed E-state index contributed by atoms with van der Waals surface area (Å²) in [5, 5.41) is 5.89. The van der Waals surface area contributed by atoms with E-state index in [4.69, 9.17) is 4.74 Å². The van der Waals surface area contributed by atoms with Gasteiger partial charge in [-0.2, -0.15) is 0 Å². The van der Waals surface area contributed by atoms with Gasteiger partial charge in [0.2, 0.25) is 0 Å². The summed E-state index contributed by atoms with van der Waals surface area (Å²) in [5.41, 5.74) is 0. The fourth-order valence-electron chi connectivity index (χ4n) is 3.11. The number of amides is 2. The van der Waals surface area contributed by atoms with Crippen LogP contribution in [0.1, 0.15) is 31.5 Å². The smallest absolute Gasteiger partial charge is 0.314 e. The van der Waals surface area contributed by atoms with Gasteiger partial charge < -0.3 is 19.9 Å². The first-order valence-corrected chi connectivity index (χ1v) is 7.94. The van der Waals surface area contributed by atoms with Crippen molar-refractivity contribution in [3.63, 3.8) is 0 Å². The molecule has 1 fully saturated rings. The minimum absolute atomic E-state index is 0.0677. The number of imidazole rings is 1. The van der Waals surface area contributed by atoms with Crippen molar-refractivity contribution in [3.8, 4) is 0 Å². The molecule has 2 aliphatic rings. The highest BCUT2D eigenvalue weighted by atomic mass is 16.5. The zero-order valence-corrected chi connectivity index (χ0v) is 12.4. The minimum atomic E-state index is -0.0677. The molecule has 3 rings (SSSR count). The molecule has 0 bridgehead atoms. The zero-order chi connectivity index (χ0) is 14.5. The number of aryl methyl sites for hydroxylation is 1. The van der Waals surface area contributed by atoms with Crippen LogP contribution in [0.15, 0.2) is 12.4 Å². The maximum absolute atomic E-state index is 11.8. The summed E-state index contributed by atoms with van der Waals surface area (Å²) in [6.45, 7) is 3.28. The Labute approximate surface area is 125 Å². The lowest BCUT2D eigenvalue weighted by Crippen LogP contribution is -2.40. The molecular formula is C15H24N4O2. The molecule has 0 unspecified atom stereocenters. The quantitative estimate of drug-likeness (QED) is 0.860. The van der Waals surface area contributed by atoms with E-state index in [1.807, 2.05) is 12.4 Å². The van der Waals surface area contributed by atoms with Gasteiger partial charge in [-0.3, -0.25) is 0 Å². The van der Waals surface area contributed by atoms with E-state index < -0.39 is 0 Å². The van der Waals surface area contributed by atoms with E-state index in [2.05, 4.69) is 20.2 Å². The third-order valence-electron chi connectivity index (χ3n) is 4.38. The second-order valence-corrected chi connectivity index (χ2v) is 5.96. The number of fused-ring (bicyclic) bond motifs is 1. The van der Waals surface area contributed by atoms with Crippen LogP contribution in [0.5, 0.6) is 0 Å². The predicted molar refractivity (Wildman–Crippen MR) is 79.0 cm³/mol. The maximum Gasteiger partial charge on any atom is 0.314 e. The van der Waals surface area contributed by atoms with Crippen LogP contribution in [0.4, 0.5) is 4.79 Å². The Morgan fingerprint density at radius 1 is 1.43 bits per heavy atom. The van der Waals surface area contributed by atoms with Gasteiger partial charge in [-0.15, -0.1) is 0 Å². The zero-order valence-electron chi connectivity index (χ0n) is 12.4. The lowest BCUT2D eigenvalue weighted by atomic mass is 9.98. The summed E-state index contributed by atoms with van der Waals surface area (Å²) in [6.07, 6.45) is 9.44. The van der Waals surface area contributed by atoms with Gasteiger partial charge in [-0.25, -0.2) is 9.78 Å². The predicted octanol–water partition coefficient (Wildman–Crippen LogP) is 1.31. The monoisotopic (exact) mass is 292 g/mol. The third kappa shape index (κ3) is 3.97. The van der Waals surface area contributed by atoms with Crippen LogP contribution in [0.2, 0.25) is 0 Å². The second-order valence-electron chi connectivity index (χ2n) is 5.96. The first-order chi connectivity index (χ1) is 10.3. The van der Waals surface area contributed by atoms with E-state index in [-0.39, 0.29) is 6.03 Å². The van der Waals surface area contributed by atoms with Gasteiger partial charge in [0.25, 0.3) is 0 Å². The Bertz CT molecular complexity index is 468. The summed E-state index contributed by atoms with van der Waals surface area (Å²) in [7, 11) is 0. The van der Waals surface area contributed by atoms with E-state index in [1.54, 1.807) is 0 Å². The summed E-state index contributed by atoms with van der Waals surface area (Å²) < 4.78 is 7.73. The van der Waals surface area contributed by atoms with E-state index >= 15 is 0 Å². The normalized spacial score (nSPS) is 24.6. The molecule has 2 amide bonds. The van der Waals surface area contributed by atoms with Crippen LogP contribution in [-0.2, 0) is 17.7 Å².